The van der Waals surface area contributed by atoms with Crippen LogP contribution in [0.5, 0.6) is 0 Å². The van der Waals surface area contributed by atoms with Crippen molar-refractivity contribution in [2.24, 2.45) is 7.05 Å². The first-order valence-corrected chi connectivity index (χ1v) is 5.36. The van der Waals surface area contributed by atoms with Gasteiger partial charge in [-0.05, 0) is 33.6 Å². The number of benzene rings is 1. The molecule has 0 amide bonds. The van der Waals surface area contributed by atoms with Crippen molar-refractivity contribution in [3.63, 3.8) is 0 Å². The summed E-state index contributed by atoms with van der Waals surface area (Å²) in [6, 6.07) is 6.57. The molecule has 0 atom stereocenters. The lowest BCUT2D eigenvalue weighted by Gasteiger charge is -2.00. The van der Waals surface area contributed by atoms with Gasteiger partial charge in [0, 0.05) is 13.5 Å². The minimum Gasteiger partial charge on any atom is -0.328 e. The zero-order valence-electron chi connectivity index (χ0n) is 8.24. The first-order valence-electron chi connectivity index (χ1n) is 4.57. The number of rotatable bonds is 2. The normalized spacial score (nSPS) is 10.6. The summed E-state index contributed by atoms with van der Waals surface area (Å²) in [5.41, 5.74) is 1.84. The molecule has 1 aromatic carbocycles. The van der Waals surface area contributed by atoms with Gasteiger partial charge in [0.25, 0.3) is 0 Å². The van der Waals surface area contributed by atoms with Gasteiger partial charge >= 0.3 is 0 Å². The third kappa shape index (κ3) is 2.26. The van der Waals surface area contributed by atoms with Crippen LogP contribution in [0.1, 0.15) is 11.3 Å². The Hall–Kier alpha value is -1.16. The molecule has 2 aromatic rings. The van der Waals surface area contributed by atoms with Crippen LogP contribution in [0.2, 0.25) is 0 Å². The van der Waals surface area contributed by atoms with E-state index in [9.17, 15) is 4.39 Å². The molecule has 0 spiro atoms. The highest BCUT2D eigenvalue weighted by atomic mass is 79.9. The minimum absolute atomic E-state index is 0.209. The van der Waals surface area contributed by atoms with E-state index < -0.39 is 0 Å². The van der Waals surface area contributed by atoms with Crippen LogP contribution in [0, 0.1) is 5.82 Å². The van der Waals surface area contributed by atoms with Crippen molar-refractivity contribution in [3.8, 4) is 0 Å². The van der Waals surface area contributed by atoms with Gasteiger partial charge in [-0.25, -0.2) is 9.37 Å². The molecule has 2 rings (SSSR count). The zero-order chi connectivity index (χ0) is 10.8. The first-order chi connectivity index (χ1) is 7.16. The molecule has 0 aliphatic carbocycles. The predicted molar refractivity (Wildman–Crippen MR) is 60.1 cm³/mol. The summed E-state index contributed by atoms with van der Waals surface area (Å²) in [6.07, 6.45) is 2.37. The van der Waals surface area contributed by atoms with Crippen LogP contribution in [-0.2, 0) is 13.5 Å². The number of nitrogens with zero attached hydrogens (tertiary/aromatic N) is 2. The van der Waals surface area contributed by atoms with E-state index in [4.69, 9.17) is 0 Å². The number of hydrogen-bond acceptors (Lipinski definition) is 1. The molecule has 0 aliphatic heterocycles. The average molecular weight is 269 g/mol. The molecule has 78 valence electrons. The number of hydrogen-bond donors (Lipinski definition) is 0. The van der Waals surface area contributed by atoms with Crippen LogP contribution in [0.4, 0.5) is 4.39 Å². The lowest BCUT2D eigenvalue weighted by atomic mass is 10.1. The van der Waals surface area contributed by atoms with Crippen LogP contribution in [0.25, 0.3) is 0 Å². The molecule has 0 bridgehead atoms. The summed E-state index contributed by atoms with van der Waals surface area (Å²) in [5, 5.41) is 0. The fourth-order valence-electron chi connectivity index (χ4n) is 1.42. The molecular formula is C11H10BrFN2. The lowest BCUT2D eigenvalue weighted by Crippen LogP contribution is -1.91. The molecule has 2 nitrogen and oxygen atoms in total. The highest BCUT2D eigenvalue weighted by Crippen LogP contribution is 2.18. The summed E-state index contributed by atoms with van der Waals surface area (Å²) in [4.78, 5) is 4.23. The number of imidazole rings is 1. The van der Waals surface area contributed by atoms with E-state index in [-0.39, 0.29) is 5.82 Å². The minimum atomic E-state index is -0.209. The second-order valence-corrected chi connectivity index (χ2v) is 4.15. The van der Waals surface area contributed by atoms with E-state index in [2.05, 4.69) is 20.9 Å². The van der Waals surface area contributed by atoms with Gasteiger partial charge in [-0.1, -0.05) is 12.1 Å². The third-order valence-corrected chi connectivity index (χ3v) is 3.21. The lowest BCUT2D eigenvalue weighted by molar-refractivity contribution is 0.626. The first kappa shape index (κ1) is 10.4. The van der Waals surface area contributed by atoms with Crippen molar-refractivity contribution in [1.29, 1.82) is 0 Å². The second-order valence-electron chi connectivity index (χ2n) is 3.40. The fraction of sp³-hybridized carbons (Fsp3) is 0.182. The number of halogens is 2. The van der Waals surface area contributed by atoms with Gasteiger partial charge in [0.05, 0.1) is 12.0 Å². The van der Waals surface area contributed by atoms with Crippen LogP contribution in [-0.4, -0.2) is 9.55 Å². The Bertz CT molecular complexity index is 479. The monoisotopic (exact) mass is 268 g/mol. The smallest absolute Gasteiger partial charge is 0.123 e. The Morgan fingerprint density at radius 3 is 2.87 bits per heavy atom. The van der Waals surface area contributed by atoms with Gasteiger partial charge in [-0.3, -0.25) is 0 Å². The Morgan fingerprint density at radius 1 is 1.47 bits per heavy atom. The molecule has 0 saturated carbocycles. The van der Waals surface area contributed by atoms with Crippen LogP contribution < -0.4 is 0 Å². The molecule has 4 heteroatoms. The maximum absolute atomic E-state index is 12.9. The van der Waals surface area contributed by atoms with E-state index in [1.165, 1.54) is 12.1 Å². The largest absolute Gasteiger partial charge is 0.328 e. The van der Waals surface area contributed by atoms with Gasteiger partial charge < -0.3 is 4.57 Å². The zero-order valence-corrected chi connectivity index (χ0v) is 9.83. The Balaban J connectivity index is 2.26. The van der Waals surface area contributed by atoms with Gasteiger partial charge in [0.2, 0.25) is 0 Å². The summed E-state index contributed by atoms with van der Waals surface area (Å²) in [7, 11) is 1.91. The maximum atomic E-state index is 12.9. The van der Waals surface area contributed by atoms with Crippen molar-refractivity contribution >= 4 is 15.9 Å². The van der Waals surface area contributed by atoms with E-state index >= 15 is 0 Å². The summed E-state index contributed by atoms with van der Waals surface area (Å²) < 4.78 is 15.8. The molecular weight excluding hydrogens is 259 g/mol. The van der Waals surface area contributed by atoms with Gasteiger partial charge in [0.15, 0.2) is 0 Å². The quantitative estimate of drug-likeness (QED) is 0.819. The highest BCUT2D eigenvalue weighted by Gasteiger charge is 2.06. The Labute approximate surface area is 95.9 Å². The molecule has 0 aliphatic rings. The molecule has 0 N–H and O–H groups in total. The van der Waals surface area contributed by atoms with E-state index in [1.54, 1.807) is 12.4 Å². The van der Waals surface area contributed by atoms with E-state index in [0.29, 0.717) is 6.42 Å². The number of aryl methyl sites for hydroxylation is 1. The average Bonchev–Trinajstić information content (AvgIpc) is 2.50. The van der Waals surface area contributed by atoms with Crippen molar-refractivity contribution < 1.29 is 4.39 Å². The molecule has 0 unspecified atom stereocenters. The molecule has 1 heterocycles. The Kier molecular flexibility index (Phi) is 2.86. The van der Waals surface area contributed by atoms with Crippen molar-refractivity contribution in [2.45, 2.75) is 6.42 Å². The summed E-state index contributed by atoms with van der Waals surface area (Å²) in [6.45, 7) is 0. The van der Waals surface area contributed by atoms with E-state index in [0.717, 1.165) is 15.9 Å². The SMILES string of the molecule is Cn1cnc(Cc2cccc(F)c2)c1Br. The van der Waals surface area contributed by atoms with Crippen molar-refractivity contribution in [2.75, 3.05) is 0 Å². The molecule has 0 fully saturated rings. The van der Waals surface area contributed by atoms with Crippen molar-refractivity contribution in [3.05, 3.63) is 52.3 Å². The van der Waals surface area contributed by atoms with Gasteiger partial charge in [-0.15, -0.1) is 0 Å². The summed E-state index contributed by atoms with van der Waals surface area (Å²) >= 11 is 3.43. The van der Waals surface area contributed by atoms with Crippen LogP contribution >= 0.6 is 15.9 Å². The fourth-order valence-corrected chi connectivity index (χ4v) is 1.76. The van der Waals surface area contributed by atoms with Gasteiger partial charge in [-0.2, -0.15) is 0 Å². The highest BCUT2D eigenvalue weighted by molar-refractivity contribution is 9.10. The van der Waals surface area contributed by atoms with Crippen LogP contribution in [0.15, 0.2) is 35.2 Å². The topological polar surface area (TPSA) is 17.8 Å². The second kappa shape index (κ2) is 4.14. The van der Waals surface area contributed by atoms with Gasteiger partial charge in [0.1, 0.15) is 10.4 Å². The molecule has 0 radical (unpaired) electrons. The third-order valence-electron chi connectivity index (χ3n) is 2.20. The summed E-state index contributed by atoms with van der Waals surface area (Å²) in [5.74, 6) is -0.209. The molecule has 0 saturated heterocycles. The maximum Gasteiger partial charge on any atom is 0.123 e. The molecule has 1 aromatic heterocycles. The standard InChI is InChI=1S/C11H10BrFN2/c1-15-7-14-10(11(15)12)6-8-3-2-4-9(13)5-8/h2-5,7H,6H2,1H3. The van der Waals surface area contributed by atoms with Crippen molar-refractivity contribution in [1.82, 2.24) is 9.55 Å². The predicted octanol–water partition coefficient (Wildman–Crippen LogP) is 2.91. The molecule has 15 heavy (non-hydrogen) atoms. The van der Waals surface area contributed by atoms with E-state index in [1.807, 2.05) is 17.7 Å². The number of aromatic nitrogens is 2. The van der Waals surface area contributed by atoms with Crippen LogP contribution in [0.3, 0.4) is 0 Å². The Morgan fingerprint density at radius 2 is 2.27 bits per heavy atom.